The first-order chi connectivity index (χ1) is 13.5. The van der Waals surface area contributed by atoms with Crippen molar-refractivity contribution in [2.45, 2.75) is 70.9 Å². The van der Waals surface area contributed by atoms with Crippen LogP contribution in [0.4, 0.5) is 5.69 Å². The van der Waals surface area contributed by atoms with Crippen LogP contribution in [-0.2, 0) is 10.0 Å². The predicted molar refractivity (Wildman–Crippen MR) is 125 cm³/mol. The van der Waals surface area contributed by atoms with Gasteiger partial charge in [-0.25, -0.2) is 0 Å². The van der Waals surface area contributed by atoms with Crippen molar-refractivity contribution in [3.8, 4) is 0 Å². The zero-order valence-corrected chi connectivity index (χ0v) is 20.7. The number of carbonyl (C=O) groups excluding carboxylic acids is 1. The van der Waals surface area contributed by atoms with Crippen molar-refractivity contribution >= 4 is 37.3 Å². The van der Waals surface area contributed by atoms with Crippen LogP contribution in [0, 0.1) is 6.92 Å². The molecule has 0 bridgehead atoms. The molecule has 0 atom stereocenters. The van der Waals surface area contributed by atoms with Gasteiger partial charge in [0.05, 0.1) is 5.60 Å². The molecule has 154 valence electrons. The molecule has 3 rings (SSSR count). The lowest BCUT2D eigenvalue weighted by Crippen LogP contribution is -2.29. The fourth-order valence-electron chi connectivity index (χ4n) is 3.37. The van der Waals surface area contributed by atoms with Gasteiger partial charge in [0.2, 0.25) is 9.76 Å². The molecule has 1 saturated carbocycles. The molecule has 2 radical (unpaired) electrons. The third-order valence-corrected chi connectivity index (χ3v) is 6.91. The number of anilines is 1. The third kappa shape index (κ3) is 5.59. The van der Waals surface area contributed by atoms with Crippen LogP contribution in [0.25, 0.3) is 0 Å². The van der Waals surface area contributed by atoms with E-state index in [0.717, 1.165) is 26.9 Å². The van der Waals surface area contributed by atoms with Gasteiger partial charge >= 0.3 is 0 Å². The van der Waals surface area contributed by atoms with Gasteiger partial charge in [-0.1, -0.05) is 54.9 Å². The van der Waals surface area contributed by atoms with Crippen LogP contribution < -0.4 is 5.32 Å². The smallest absolute Gasteiger partial charge is 0.255 e. The number of amides is 1. The van der Waals surface area contributed by atoms with Crippen molar-refractivity contribution < 1.29 is 9.22 Å². The number of aryl methyl sites for hydroxylation is 1. The minimum atomic E-state index is -0.542. The molecule has 1 N–H and O–H groups in total. The van der Waals surface area contributed by atoms with Gasteiger partial charge in [-0.2, -0.15) is 0 Å². The second kappa shape index (κ2) is 8.36. The number of hydrogen-bond acceptors (Lipinski definition) is 2. The molecule has 0 heterocycles. The maximum atomic E-state index is 13.1. The molecular formula is C24H30BrNO2Si. The van der Waals surface area contributed by atoms with Crippen LogP contribution >= 0.6 is 15.9 Å². The van der Waals surface area contributed by atoms with E-state index < -0.39 is 5.60 Å². The SMILES string of the molecule is Cc1cc(C2CC2)ccc1C(=O)Nc1cccc(Br)c1C(C)(C)O[Si]C(C)(C)C. The molecule has 5 heteroatoms. The Kier molecular flexibility index (Phi) is 6.42. The van der Waals surface area contributed by atoms with E-state index in [4.69, 9.17) is 4.43 Å². The van der Waals surface area contributed by atoms with Gasteiger partial charge in [-0.05, 0) is 73.9 Å². The molecular weight excluding hydrogens is 442 g/mol. The van der Waals surface area contributed by atoms with Gasteiger partial charge in [0.25, 0.3) is 5.91 Å². The summed E-state index contributed by atoms with van der Waals surface area (Å²) in [7, 11) is 0.346. The molecule has 3 nitrogen and oxygen atoms in total. The maximum absolute atomic E-state index is 13.1. The van der Waals surface area contributed by atoms with Crippen molar-refractivity contribution in [3.63, 3.8) is 0 Å². The topological polar surface area (TPSA) is 38.3 Å². The number of carbonyl (C=O) groups is 1. The summed E-state index contributed by atoms with van der Waals surface area (Å²) in [6, 6.07) is 12.1. The summed E-state index contributed by atoms with van der Waals surface area (Å²) in [4.78, 5) is 13.1. The first kappa shape index (κ1) is 22.3. The molecule has 29 heavy (non-hydrogen) atoms. The zero-order chi connectivity index (χ0) is 21.4. The van der Waals surface area contributed by atoms with Crippen LogP contribution in [0.1, 0.15) is 80.4 Å². The highest BCUT2D eigenvalue weighted by atomic mass is 79.9. The van der Waals surface area contributed by atoms with Crippen molar-refractivity contribution in [3.05, 3.63) is 63.1 Å². The summed E-state index contributed by atoms with van der Waals surface area (Å²) in [5, 5.41) is 3.22. The van der Waals surface area contributed by atoms with Gasteiger partial charge in [0.15, 0.2) is 0 Å². The predicted octanol–water partition coefficient (Wildman–Crippen LogP) is 6.98. The minimum absolute atomic E-state index is 0.0849. The average Bonchev–Trinajstić information content (AvgIpc) is 3.44. The van der Waals surface area contributed by atoms with Crippen molar-refractivity contribution in [1.29, 1.82) is 0 Å². The summed E-state index contributed by atoms with van der Waals surface area (Å²) in [6.45, 7) is 12.6. The molecule has 1 amide bonds. The van der Waals surface area contributed by atoms with Gasteiger partial charge in [-0.15, -0.1) is 0 Å². The second-order valence-electron chi connectivity index (χ2n) is 9.43. The largest absolute Gasteiger partial charge is 0.408 e. The monoisotopic (exact) mass is 471 g/mol. The van der Waals surface area contributed by atoms with E-state index in [1.165, 1.54) is 18.4 Å². The van der Waals surface area contributed by atoms with Crippen LogP contribution in [0.3, 0.4) is 0 Å². The van der Waals surface area contributed by atoms with Crippen LogP contribution in [0.2, 0.25) is 5.04 Å². The molecule has 0 aliphatic heterocycles. The van der Waals surface area contributed by atoms with Gasteiger partial charge in [0, 0.05) is 21.3 Å². The Hall–Kier alpha value is -1.43. The second-order valence-corrected chi connectivity index (χ2v) is 12.2. The number of rotatable bonds is 6. The number of nitrogens with one attached hydrogen (secondary N) is 1. The minimum Gasteiger partial charge on any atom is -0.408 e. The average molecular weight is 472 g/mol. The van der Waals surface area contributed by atoms with Gasteiger partial charge in [-0.3, -0.25) is 4.79 Å². The van der Waals surface area contributed by atoms with Crippen LogP contribution in [0.5, 0.6) is 0 Å². The Balaban J connectivity index is 1.86. The fraction of sp³-hybridized carbons (Fsp3) is 0.458. The normalized spacial score (nSPS) is 14.7. The Labute approximate surface area is 185 Å². The first-order valence-corrected chi connectivity index (χ1v) is 11.8. The van der Waals surface area contributed by atoms with E-state index in [0.29, 0.717) is 15.7 Å². The van der Waals surface area contributed by atoms with Crippen molar-refractivity contribution in [2.75, 3.05) is 5.32 Å². The van der Waals surface area contributed by atoms with Crippen molar-refractivity contribution in [2.24, 2.45) is 0 Å². The summed E-state index contributed by atoms with van der Waals surface area (Å²) in [6.07, 6.45) is 2.52. The molecule has 0 spiro atoms. The molecule has 0 aromatic heterocycles. The van der Waals surface area contributed by atoms with E-state index in [2.05, 4.69) is 68.0 Å². The molecule has 1 aliphatic carbocycles. The summed E-state index contributed by atoms with van der Waals surface area (Å²) in [5.41, 5.74) is 4.28. The van der Waals surface area contributed by atoms with Crippen LogP contribution in [-0.4, -0.2) is 15.7 Å². The molecule has 2 aromatic rings. The highest BCUT2D eigenvalue weighted by molar-refractivity contribution is 9.10. The maximum Gasteiger partial charge on any atom is 0.255 e. The lowest BCUT2D eigenvalue weighted by molar-refractivity contribution is 0.102. The lowest BCUT2D eigenvalue weighted by atomic mass is 9.96. The Morgan fingerprint density at radius 1 is 1.14 bits per heavy atom. The van der Waals surface area contributed by atoms with E-state index >= 15 is 0 Å². The number of hydrogen-bond donors (Lipinski definition) is 1. The van der Waals surface area contributed by atoms with Crippen LogP contribution in [0.15, 0.2) is 40.9 Å². The Morgan fingerprint density at radius 2 is 1.83 bits per heavy atom. The Bertz CT molecular complexity index is 914. The summed E-state index contributed by atoms with van der Waals surface area (Å²) in [5.74, 6) is 0.599. The number of halogens is 1. The van der Waals surface area contributed by atoms with E-state index in [9.17, 15) is 4.79 Å². The quantitative estimate of drug-likeness (QED) is 0.461. The Morgan fingerprint density at radius 3 is 2.41 bits per heavy atom. The molecule has 0 saturated heterocycles. The van der Waals surface area contributed by atoms with E-state index in [1.54, 1.807) is 0 Å². The molecule has 1 aliphatic rings. The van der Waals surface area contributed by atoms with Gasteiger partial charge in [0.1, 0.15) is 0 Å². The van der Waals surface area contributed by atoms with E-state index in [1.807, 2.05) is 31.2 Å². The van der Waals surface area contributed by atoms with E-state index in [-0.39, 0.29) is 10.9 Å². The molecule has 0 unspecified atom stereocenters. The third-order valence-electron chi connectivity index (χ3n) is 5.02. The zero-order valence-electron chi connectivity index (χ0n) is 18.2. The standard InChI is InChI=1S/C24H30BrNO2Si/c1-15-14-17(16-10-11-16)12-13-18(15)22(27)26-20-9-7-8-19(25)21(20)24(5,6)28-29-23(2,3)4/h7-9,12-14,16H,10-11H2,1-6H3,(H,26,27). The first-order valence-electron chi connectivity index (χ1n) is 10.1. The summed E-state index contributed by atoms with van der Waals surface area (Å²) >= 11 is 3.67. The fourth-order valence-corrected chi connectivity index (χ4v) is 4.88. The van der Waals surface area contributed by atoms with Crippen molar-refractivity contribution in [1.82, 2.24) is 0 Å². The highest BCUT2D eigenvalue weighted by Crippen LogP contribution is 2.41. The lowest BCUT2D eigenvalue weighted by Gasteiger charge is -2.32. The van der Waals surface area contributed by atoms with Gasteiger partial charge < -0.3 is 9.74 Å². The number of benzene rings is 2. The molecule has 1 fully saturated rings. The summed E-state index contributed by atoms with van der Waals surface area (Å²) < 4.78 is 7.24. The molecule has 2 aromatic carbocycles. The highest BCUT2D eigenvalue weighted by Gasteiger charge is 2.30.